The van der Waals surface area contributed by atoms with Gasteiger partial charge in [-0.05, 0) is 43.2 Å². The molecule has 142 valence electrons. The zero-order chi connectivity index (χ0) is 19.4. The molecule has 2 aromatic rings. The number of anilines is 1. The minimum atomic E-state index is -0.108. The van der Waals surface area contributed by atoms with Crippen molar-refractivity contribution in [3.63, 3.8) is 0 Å². The van der Waals surface area contributed by atoms with Crippen LogP contribution in [0.15, 0.2) is 36.4 Å². The molecule has 0 aliphatic carbocycles. The van der Waals surface area contributed by atoms with Crippen molar-refractivity contribution in [3.8, 4) is 11.5 Å². The number of nitrogens with one attached hydrogen (secondary N) is 1. The molecule has 0 radical (unpaired) electrons. The summed E-state index contributed by atoms with van der Waals surface area (Å²) in [4.78, 5) is 25.9. The van der Waals surface area contributed by atoms with Gasteiger partial charge < -0.3 is 19.7 Å². The predicted octanol–water partition coefficient (Wildman–Crippen LogP) is 3.09. The third kappa shape index (κ3) is 4.58. The molecule has 3 rings (SSSR count). The van der Waals surface area contributed by atoms with Crippen LogP contribution in [0.1, 0.15) is 30.0 Å². The Hall–Kier alpha value is -3.02. The number of benzene rings is 2. The first kappa shape index (κ1) is 18.8. The predicted molar refractivity (Wildman–Crippen MR) is 103 cm³/mol. The number of hydrogen-bond donors (Lipinski definition) is 1. The van der Waals surface area contributed by atoms with Crippen LogP contribution < -0.4 is 19.7 Å². The molecule has 6 heteroatoms. The Morgan fingerprint density at radius 2 is 1.85 bits per heavy atom. The Balaban J connectivity index is 1.56. The van der Waals surface area contributed by atoms with E-state index in [-0.39, 0.29) is 25.0 Å². The second-order valence-corrected chi connectivity index (χ2v) is 6.67. The van der Waals surface area contributed by atoms with Crippen molar-refractivity contribution in [2.45, 2.75) is 33.7 Å². The number of rotatable bonds is 6. The maximum Gasteiger partial charge on any atom is 0.231 e. The lowest BCUT2D eigenvalue weighted by Crippen LogP contribution is -2.34. The van der Waals surface area contributed by atoms with E-state index in [4.69, 9.17) is 9.47 Å². The summed E-state index contributed by atoms with van der Waals surface area (Å²) < 4.78 is 10.6. The largest absolute Gasteiger partial charge is 0.454 e. The van der Waals surface area contributed by atoms with Gasteiger partial charge in [-0.2, -0.15) is 0 Å². The second kappa shape index (κ2) is 8.12. The van der Waals surface area contributed by atoms with Crippen LogP contribution in [-0.4, -0.2) is 25.2 Å². The molecule has 27 heavy (non-hydrogen) atoms. The molecule has 0 atom stereocenters. The third-order valence-electron chi connectivity index (χ3n) is 4.51. The van der Waals surface area contributed by atoms with Crippen molar-refractivity contribution in [2.75, 3.05) is 18.2 Å². The average Bonchev–Trinajstić information content (AvgIpc) is 3.09. The van der Waals surface area contributed by atoms with E-state index in [1.807, 2.05) is 50.2 Å². The summed E-state index contributed by atoms with van der Waals surface area (Å²) in [6, 6.07) is 11.5. The Kier molecular flexibility index (Phi) is 5.64. The van der Waals surface area contributed by atoms with Crippen LogP contribution >= 0.6 is 0 Å². The van der Waals surface area contributed by atoms with Crippen molar-refractivity contribution >= 4 is 17.5 Å². The minimum absolute atomic E-state index is 0.0782. The Morgan fingerprint density at radius 3 is 2.59 bits per heavy atom. The zero-order valence-corrected chi connectivity index (χ0v) is 15.9. The first-order valence-corrected chi connectivity index (χ1v) is 8.94. The number of aryl methyl sites for hydroxylation is 2. The van der Waals surface area contributed by atoms with E-state index in [1.165, 1.54) is 6.92 Å². The highest BCUT2D eigenvalue weighted by molar-refractivity contribution is 5.93. The summed E-state index contributed by atoms with van der Waals surface area (Å²) in [5.74, 6) is 1.23. The van der Waals surface area contributed by atoms with E-state index in [2.05, 4.69) is 5.32 Å². The van der Waals surface area contributed by atoms with Crippen LogP contribution in [0.5, 0.6) is 11.5 Å². The lowest BCUT2D eigenvalue weighted by atomic mass is 10.1. The number of nitrogens with zero attached hydrogens (tertiary/aromatic N) is 1. The van der Waals surface area contributed by atoms with Gasteiger partial charge in [-0.25, -0.2) is 0 Å². The van der Waals surface area contributed by atoms with Crippen LogP contribution in [-0.2, 0) is 16.1 Å². The maximum absolute atomic E-state index is 12.2. The summed E-state index contributed by atoms with van der Waals surface area (Å²) in [5, 5.41) is 2.89. The van der Waals surface area contributed by atoms with Gasteiger partial charge in [-0.3, -0.25) is 9.59 Å². The Bertz CT molecular complexity index is 863. The Labute approximate surface area is 159 Å². The van der Waals surface area contributed by atoms with Crippen LogP contribution in [0.2, 0.25) is 0 Å². The molecule has 6 nitrogen and oxygen atoms in total. The second-order valence-electron chi connectivity index (χ2n) is 6.67. The van der Waals surface area contributed by atoms with Gasteiger partial charge in [0.05, 0.1) is 0 Å². The van der Waals surface area contributed by atoms with E-state index in [9.17, 15) is 9.59 Å². The molecule has 1 N–H and O–H groups in total. The van der Waals surface area contributed by atoms with Gasteiger partial charge in [0, 0.05) is 32.1 Å². The normalized spacial score (nSPS) is 12.0. The average molecular weight is 368 g/mol. The molecule has 0 saturated heterocycles. The summed E-state index contributed by atoms with van der Waals surface area (Å²) in [7, 11) is 0. The zero-order valence-electron chi connectivity index (χ0n) is 15.9. The maximum atomic E-state index is 12.2. The third-order valence-corrected chi connectivity index (χ3v) is 4.51. The molecule has 1 aliphatic heterocycles. The van der Waals surface area contributed by atoms with Crippen LogP contribution in [0.3, 0.4) is 0 Å². The fourth-order valence-corrected chi connectivity index (χ4v) is 3.11. The number of carbonyl (C=O) groups is 2. The first-order valence-electron chi connectivity index (χ1n) is 8.94. The van der Waals surface area contributed by atoms with E-state index in [0.29, 0.717) is 18.8 Å². The molecular formula is C21H24N2O4. The molecular weight excluding hydrogens is 344 g/mol. The minimum Gasteiger partial charge on any atom is -0.454 e. The molecule has 0 bridgehead atoms. The molecule has 0 unspecified atom stereocenters. The number of hydrogen-bond acceptors (Lipinski definition) is 4. The monoisotopic (exact) mass is 368 g/mol. The molecule has 0 fully saturated rings. The highest BCUT2D eigenvalue weighted by Gasteiger charge is 2.16. The fourth-order valence-electron chi connectivity index (χ4n) is 3.11. The summed E-state index contributed by atoms with van der Waals surface area (Å²) in [6.07, 6.45) is 0.234. The summed E-state index contributed by atoms with van der Waals surface area (Å²) in [5.41, 5.74) is 3.94. The van der Waals surface area contributed by atoms with Gasteiger partial charge in [-0.1, -0.05) is 23.8 Å². The van der Waals surface area contributed by atoms with Crippen molar-refractivity contribution in [3.05, 3.63) is 53.1 Å². The van der Waals surface area contributed by atoms with Gasteiger partial charge in [-0.15, -0.1) is 0 Å². The number of fused-ring (bicyclic) bond motifs is 1. The van der Waals surface area contributed by atoms with E-state index < -0.39 is 0 Å². The van der Waals surface area contributed by atoms with Crippen molar-refractivity contribution in [2.24, 2.45) is 0 Å². The quantitative estimate of drug-likeness (QED) is 0.851. The number of amides is 2. The first-order chi connectivity index (χ1) is 12.9. The lowest BCUT2D eigenvalue weighted by molar-refractivity contribution is -0.121. The number of carbonyl (C=O) groups excluding carboxylic acids is 2. The molecule has 2 aromatic carbocycles. The molecule has 0 saturated carbocycles. The van der Waals surface area contributed by atoms with Crippen LogP contribution in [0.25, 0.3) is 0 Å². The Morgan fingerprint density at radius 1 is 1.07 bits per heavy atom. The highest BCUT2D eigenvalue weighted by atomic mass is 16.7. The van der Waals surface area contributed by atoms with E-state index >= 15 is 0 Å². The number of ether oxygens (including phenoxy) is 2. The standard InChI is InChI=1S/C21H24N2O4/c1-14-4-6-18(15(2)10-14)23(16(3)24)9-8-21(25)22-12-17-5-7-19-20(11-17)27-13-26-19/h4-7,10-11H,8-9,12-13H2,1-3H3,(H,22,25). The van der Waals surface area contributed by atoms with Crippen molar-refractivity contribution < 1.29 is 19.1 Å². The smallest absolute Gasteiger partial charge is 0.231 e. The van der Waals surface area contributed by atoms with E-state index in [0.717, 1.165) is 28.1 Å². The fraction of sp³-hybridized carbons (Fsp3) is 0.333. The highest BCUT2D eigenvalue weighted by Crippen LogP contribution is 2.32. The topological polar surface area (TPSA) is 67.9 Å². The molecule has 0 aromatic heterocycles. The van der Waals surface area contributed by atoms with Gasteiger partial charge in [0.25, 0.3) is 0 Å². The molecule has 1 heterocycles. The summed E-state index contributed by atoms with van der Waals surface area (Å²) >= 11 is 0. The molecule has 2 amide bonds. The van der Waals surface area contributed by atoms with Gasteiger partial charge in [0.2, 0.25) is 18.6 Å². The van der Waals surface area contributed by atoms with Gasteiger partial charge in [0.1, 0.15) is 0 Å². The van der Waals surface area contributed by atoms with Crippen LogP contribution in [0.4, 0.5) is 5.69 Å². The van der Waals surface area contributed by atoms with Gasteiger partial charge in [0.15, 0.2) is 11.5 Å². The SMILES string of the molecule is CC(=O)N(CCC(=O)NCc1ccc2c(c1)OCO2)c1ccc(C)cc1C. The van der Waals surface area contributed by atoms with Gasteiger partial charge >= 0.3 is 0 Å². The summed E-state index contributed by atoms with van der Waals surface area (Å²) in [6.45, 7) is 6.47. The van der Waals surface area contributed by atoms with Crippen LogP contribution in [0, 0.1) is 13.8 Å². The van der Waals surface area contributed by atoms with Crippen molar-refractivity contribution in [1.29, 1.82) is 0 Å². The molecule has 0 spiro atoms. The molecule has 1 aliphatic rings. The van der Waals surface area contributed by atoms with Crippen molar-refractivity contribution in [1.82, 2.24) is 5.32 Å². The van der Waals surface area contributed by atoms with E-state index in [1.54, 1.807) is 4.90 Å². The lowest BCUT2D eigenvalue weighted by Gasteiger charge is -2.23.